The molecule has 0 unspecified atom stereocenters. The van der Waals surface area contributed by atoms with Crippen molar-refractivity contribution in [1.82, 2.24) is 0 Å². The summed E-state index contributed by atoms with van der Waals surface area (Å²) in [6, 6.07) is 0. The van der Waals surface area contributed by atoms with E-state index in [1.807, 2.05) is 6.21 Å². The molecular weight excluding hydrogens is 170 g/mol. The highest BCUT2D eigenvalue weighted by Crippen LogP contribution is 2.36. The first-order chi connectivity index (χ1) is 6.86. The molecule has 1 heterocycles. The summed E-state index contributed by atoms with van der Waals surface area (Å²) in [5.74, 6) is 0. The van der Waals surface area contributed by atoms with Gasteiger partial charge in [0.1, 0.15) is 0 Å². The summed E-state index contributed by atoms with van der Waals surface area (Å²) in [4.78, 5) is 4.44. The van der Waals surface area contributed by atoms with E-state index in [4.69, 9.17) is 0 Å². The monoisotopic (exact) mass is 187 g/mol. The van der Waals surface area contributed by atoms with Crippen molar-refractivity contribution < 1.29 is 0 Å². The van der Waals surface area contributed by atoms with Gasteiger partial charge in [-0.25, -0.2) is 0 Å². The maximum Gasteiger partial charge on any atom is 0.0708 e. The number of hydrogen-bond acceptors (Lipinski definition) is 1. The van der Waals surface area contributed by atoms with Crippen molar-refractivity contribution in [2.75, 3.05) is 0 Å². The molecule has 74 valence electrons. The summed E-state index contributed by atoms with van der Waals surface area (Å²) in [5.41, 5.74) is 5.56. The third-order valence-electron chi connectivity index (χ3n) is 2.74. The fourth-order valence-corrected chi connectivity index (χ4v) is 2.14. The highest BCUT2D eigenvalue weighted by molar-refractivity contribution is 5.89. The van der Waals surface area contributed by atoms with E-state index in [-0.39, 0.29) is 0 Å². The molecule has 0 saturated carbocycles. The van der Waals surface area contributed by atoms with Crippen molar-refractivity contribution >= 4 is 6.21 Å². The van der Waals surface area contributed by atoms with Gasteiger partial charge in [-0.15, -0.1) is 0 Å². The third kappa shape index (κ3) is 1.47. The summed E-state index contributed by atoms with van der Waals surface area (Å²) in [6.07, 6.45) is 11.2. The van der Waals surface area contributed by atoms with Crippen LogP contribution >= 0.6 is 0 Å². The first kappa shape index (κ1) is 9.45. The molecule has 2 rings (SSSR count). The van der Waals surface area contributed by atoms with Crippen LogP contribution in [-0.2, 0) is 0 Å². The van der Waals surface area contributed by atoms with E-state index in [0.717, 1.165) is 6.42 Å². The number of nitrogens with zero attached hydrogens (tertiary/aromatic N) is 1. The fourth-order valence-electron chi connectivity index (χ4n) is 2.14. The van der Waals surface area contributed by atoms with Gasteiger partial charge in [-0.1, -0.05) is 32.8 Å². The predicted octanol–water partition coefficient (Wildman–Crippen LogP) is 3.79. The Bertz CT molecular complexity index is 353. The molecule has 0 bridgehead atoms. The summed E-state index contributed by atoms with van der Waals surface area (Å²) >= 11 is 0. The molecule has 1 aliphatic carbocycles. The van der Waals surface area contributed by atoms with Crippen LogP contribution in [0.5, 0.6) is 0 Å². The predicted molar refractivity (Wildman–Crippen MR) is 61.5 cm³/mol. The number of allylic oxidation sites excluding steroid dienone is 4. The standard InChI is InChI=1S/C13H17N/c1-3-5-10-7-8-12-13(10)11(6-4-2)9-14-12/h7-9H,3-6H2,1-2H3. The average molecular weight is 187 g/mol. The van der Waals surface area contributed by atoms with Gasteiger partial charge in [-0.3, -0.25) is 4.99 Å². The molecule has 2 aliphatic rings. The van der Waals surface area contributed by atoms with E-state index in [9.17, 15) is 0 Å². The second-order valence-electron chi connectivity index (χ2n) is 3.90. The van der Waals surface area contributed by atoms with Gasteiger partial charge in [0.15, 0.2) is 0 Å². The molecule has 0 fully saturated rings. The summed E-state index contributed by atoms with van der Waals surface area (Å²) in [5, 5.41) is 0. The number of rotatable bonds is 4. The molecule has 0 aromatic carbocycles. The van der Waals surface area contributed by atoms with Gasteiger partial charge >= 0.3 is 0 Å². The van der Waals surface area contributed by atoms with Crippen molar-refractivity contribution in [1.29, 1.82) is 0 Å². The van der Waals surface area contributed by atoms with Crippen molar-refractivity contribution in [3.8, 4) is 0 Å². The van der Waals surface area contributed by atoms with Gasteiger partial charge in [0.2, 0.25) is 0 Å². The molecule has 0 aromatic heterocycles. The van der Waals surface area contributed by atoms with Crippen molar-refractivity contribution in [2.45, 2.75) is 39.5 Å². The topological polar surface area (TPSA) is 12.4 Å². The molecule has 0 atom stereocenters. The lowest BCUT2D eigenvalue weighted by Crippen LogP contribution is -1.91. The lowest BCUT2D eigenvalue weighted by Gasteiger charge is -2.06. The van der Waals surface area contributed by atoms with Crippen LogP contribution in [0, 0.1) is 0 Å². The maximum absolute atomic E-state index is 4.44. The van der Waals surface area contributed by atoms with Crippen LogP contribution < -0.4 is 0 Å². The Labute approximate surface area is 85.9 Å². The molecule has 0 amide bonds. The number of hydrogen-bond donors (Lipinski definition) is 0. The molecule has 14 heavy (non-hydrogen) atoms. The Morgan fingerprint density at radius 3 is 2.57 bits per heavy atom. The van der Waals surface area contributed by atoms with Crippen molar-refractivity contribution in [2.24, 2.45) is 4.99 Å². The van der Waals surface area contributed by atoms with Crippen LogP contribution in [0.15, 0.2) is 39.6 Å². The van der Waals surface area contributed by atoms with Crippen LogP contribution in [0.1, 0.15) is 39.5 Å². The van der Waals surface area contributed by atoms with E-state index in [1.54, 1.807) is 0 Å². The lowest BCUT2D eigenvalue weighted by atomic mass is 9.97. The highest BCUT2D eigenvalue weighted by Gasteiger charge is 2.21. The van der Waals surface area contributed by atoms with Crippen LogP contribution in [-0.4, -0.2) is 6.21 Å². The zero-order valence-electron chi connectivity index (χ0n) is 9.01. The average Bonchev–Trinajstić information content (AvgIpc) is 2.72. The fraction of sp³-hybridized carbons (Fsp3) is 0.462. The molecule has 0 aromatic rings. The normalized spacial score (nSPS) is 18.7. The molecule has 0 N–H and O–H groups in total. The Hall–Kier alpha value is -1.11. The van der Waals surface area contributed by atoms with E-state index in [0.29, 0.717) is 0 Å². The van der Waals surface area contributed by atoms with E-state index in [2.05, 4.69) is 31.0 Å². The van der Waals surface area contributed by atoms with Crippen LogP contribution in [0.4, 0.5) is 0 Å². The lowest BCUT2D eigenvalue weighted by molar-refractivity contribution is 0.901. The molecule has 1 heteroatoms. The molecule has 0 saturated heterocycles. The van der Waals surface area contributed by atoms with E-state index < -0.39 is 0 Å². The minimum Gasteiger partial charge on any atom is -0.256 e. The molecule has 1 nitrogen and oxygen atoms in total. The summed E-state index contributed by atoms with van der Waals surface area (Å²) in [6.45, 7) is 4.45. The van der Waals surface area contributed by atoms with Gasteiger partial charge in [0.25, 0.3) is 0 Å². The quantitative estimate of drug-likeness (QED) is 0.635. The Morgan fingerprint density at radius 1 is 1.07 bits per heavy atom. The first-order valence-corrected chi connectivity index (χ1v) is 5.55. The molecule has 1 aliphatic heterocycles. The first-order valence-electron chi connectivity index (χ1n) is 5.55. The summed E-state index contributed by atoms with van der Waals surface area (Å²) < 4.78 is 0. The maximum atomic E-state index is 4.44. The van der Waals surface area contributed by atoms with E-state index in [1.165, 1.54) is 41.7 Å². The number of fused-ring (bicyclic) bond motifs is 1. The minimum absolute atomic E-state index is 1.16. The third-order valence-corrected chi connectivity index (χ3v) is 2.74. The largest absolute Gasteiger partial charge is 0.256 e. The van der Waals surface area contributed by atoms with Gasteiger partial charge < -0.3 is 0 Å². The zero-order valence-corrected chi connectivity index (χ0v) is 9.01. The molecule has 0 radical (unpaired) electrons. The molecule has 0 spiro atoms. The van der Waals surface area contributed by atoms with Gasteiger partial charge in [-0.05, 0) is 30.1 Å². The van der Waals surface area contributed by atoms with Crippen molar-refractivity contribution in [3.63, 3.8) is 0 Å². The SMILES string of the molecule is CCCC1=CC=C2N=CC(CCC)=C12. The van der Waals surface area contributed by atoms with Gasteiger partial charge in [0, 0.05) is 11.8 Å². The second-order valence-corrected chi connectivity index (χ2v) is 3.90. The second kappa shape index (κ2) is 3.95. The molecular formula is C13H17N. The highest BCUT2D eigenvalue weighted by atomic mass is 14.8. The zero-order chi connectivity index (χ0) is 9.97. The minimum atomic E-state index is 1.16. The Kier molecular flexibility index (Phi) is 2.67. The Morgan fingerprint density at radius 2 is 1.86 bits per heavy atom. The van der Waals surface area contributed by atoms with Crippen LogP contribution in [0.3, 0.4) is 0 Å². The van der Waals surface area contributed by atoms with Crippen LogP contribution in [0.25, 0.3) is 0 Å². The Balaban J connectivity index is 2.25. The number of aliphatic imine (C=N–C) groups is 1. The van der Waals surface area contributed by atoms with Gasteiger partial charge in [0.05, 0.1) is 5.70 Å². The van der Waals surface area contributed by atoms with Crippen molar-refractivity contribution in [3.05, 3.63) is 34.6 Å². The van der Waals surface area contributed by atoms with E-state index >= 15 is 0 Å². The van der Waals surface area contributed by atoms with Gasteiger partial charge in [-0.2, -0.15) is 0 Å². The smallest absolute Gasteiger partial charge is 0.0708 e. The summed E-state index contributed by atoms with van der Waals surface area (Å²) in [7, 11) is 0. The van der Waals surface area contributed by atoms with Crippen LogP contribution in [0.2, 0.25) is 0 Å².